The molecule has 148 valence electrons. The van der Waals surface area contributed by atoms with Gasteiger partial charge in [0, 0.05) is 12.0 Å². The maximum absolute atomic E-state index is 9.92. The highest BCUT2D eigenvalue weighted by atomic mass is 16.8. The molecular weight excluding hydrogens is 336 g/mol. The number of hydrogen-bond donors (Lipinski definition) is 1. The van der Waals surface area contributed by atoms with Gasteiger partial charge in [0.1, 0.15) is 12.2 Å². The van der Waals surface area contributed by atoms with Crippen LogP contribution in [0.2, 0.25) is 0 Å². The Bertz CT molecular complexity index is 587. The van der Waals surface area contributed by atoms with Gasteiger partial charge < -0.3 is 28.8 Å². The zero-order valence-electron chi connectivity index (χ0n) is 16.5. The Morgan fingerprint density at radius 3 is 2.46 bits per heavy atom. The lowest BCUT2D eigenvalue weighted by atomic mass is 9.64. The first kappa shape index (κ1) is 18.8. The van der Waals surface area contributed by atoms with Crippen LogP contribution < -0.4 is 0 Å². The van der Waals surface area contributed by atoms with Gasteiger partial charge in [0.25, 0.3) is 0 Å². The molecule has 4 rings (SSSR count). The average molecular weight is 368 g/mol. The van der Waals surface area contributed by atoms with Crippen molar-refractivity contribution in [2.24, 2.45) is 17.3 Å². The Kier molecular flexibility index (Phi) is 4.35. The molecule has 0 aromatic rings. The van der Waals surface area contributed by atoms with Gasteiger partial charge in [-0.2, -0.15) is 0 Å². The van der Waals surface area contributed by atoms with Crippen molar-refractivity contribution in [3.63, 3.8) is 0 Å². The van der Waals surface area contributed by atoms with E-state index in [4.69, 9.17) is 23.7 Å². The third-order valence-corrected chi connectivity index (χ3v) is 6.52. The molecule has 4 fully saturated rings. The van der Waals surface area contributed by atoms with E-state index >= 15 is 0 Å². The van der Waals surface area contributed by atoms with Crippen LogP contribution in [0.5, 0.6) is 0 Å². The molecule has 0 amide bonds. The molecule has 4 aliphatic rings. The second-order valence-electron chi connectivity index (χ2n) is 9.26. The molecule has 0 aromatic heterocycles. The number of rotatable bonds is 3. The fourth-order valence-corrected chi connectivity index (χ4v) is 5.67. The van der Waals surface area contributed by atoms with Gasteiger partial charge in [-0.05, 0) is 52.4 Å². The Morgan fingerprint density at radius 2 is 1.85 bits per heavy atom. The smallest absolute Gasteiger partial charge is 0.188 e. The molecule has 1 aliphatic carbocycles. The lowest BCUT2D eigenvalue weighted by molar-refractivity contribution is -0.241. The number of aliphatic hydroxyl groups is 1. The first-order valence-corrected chi connectivity index (χ1v) is 9.71. The largest absolute Gasteiger partial charge is 0.396 e. The minimum atomic E-state index is -0.684. The monoisotopic (exact) mass is 368 g/mol. The predicted molar refractivity (Wildman–Crippen MR) is 94.1 cm³/mol. The molecule has 3 aliphatic heterocycles. The molecular formula is C20H32O6. The second kappa shape index (κ2) is 6.00. The van der Waals surface area contributed by atoms with Gasteiger partial charge in [-0.25, -0.2) is 0 Å². The van der Waals surface area contributed by atoms with Crippen molar-refractivity contribution in [1.82, 2.24) is 0 Å². The lowest BCUT2D eigenvalue weighted by Crippen LogP contribution is -2.52. The third-order valence-electron chi connectivity index (χ3n) is 6.52. The minimum Gasteiger partial charge on any atom is -0.396 e. The second-order valence-corrected chi connectivity index (χ2v) is 9.26. The fraction of sp³-hybridized carbons (Fsp3) is 0.900. The molecule has 1 saturated carbocycles. The molecule has 7 atom stereocenters. The van der Waals surface area contributed by atoms with E-state index in [-0.39, 0.29) is 42.2 Å². The number of fused-ring (bicyclic) bond motifs is 2. The maximum atomic E-state index is 9.92. The Hall–Kier alpha value is -0.500. The molecule has 3 heterocycles. The van der Waals surface area contributed by atoms with Crippen LogP contribution in [0.1, 0.15) is 47.5 Å². The average Bonchev–Trinajstić information content (AvgIpc) is 3.23. The standard InChI is InChI=1S/C20H32O6/c1-11-7-8-20(14(11)12(2)9-21)15(13-10-22-18(3,4)24-13)23-17-16(20)25-19(5,6)26-17/h12-17,21H,1,7-10H2,2-6H3/t12-,13+,14-,15+,16-,17+,20+/m0/s1. The summed E-state index contributed by atoms with van der Waals surface area (Å²) in [6.07, 6.45) is 0.763. The highest BCUT2D eigenvalue weighted by molar-refractivity contribution is 5.24. The normalized spacial score (nSPS) is 47.6. The zero-order chi connectivity index (χ0) is 18.9. The summed E-state index contributed by atoms with van der Waals surface area (Å²) in [4.78, 5) is 0. The fourth-order valence-electron chi connectivity index (χ4n) is 5.67. The van der Waals surface area contributed by atoms with Gasteiger partial charge in [0.15, 0.2) is 17.9 Å². The van der Waals surface area contributed by atoms with Crippen LogP contribution in [0.3, 0.4) is 0 Å². The Morgan fingerprint density at radius 1 is 1.12 bits per heavy atom. The summed E-state index contributed by atoms with van der Waals surface area (Å²) in [5.74, 6) is -1.15. The predicted octanol–water partition coefficient (Wildman–Crippen LogP) is 2.60. The highest BCUT2D eigenvalue weighted by Crippen LogP contribution is 2.63. The van der Waals surface area contributed by atoms with Crippen LogP contribution in [0.4, 0.5) is 0 Å². The molecule has 26 heavy (non-hydrogen) atoms. The van der Waals surface area contributed by atoms with Crippen molar-refractivity contribution in [2.75, 3.05) is 13.2 Å². The molecule has 0 aromatic carbocycles. The molecule has 6 nitrogen and oxygen atoms in total. The summed E-state index contributed by atoms with van der Waals surface area (Å²) in [6, 6.07) is 0. The minimum absolute atomic E-state index is 0.0671. The van der Waals surface area contributed by atoms with Gasteiger partial charge in [0.2, 0.25) is 0 Å². The van der Waals surface area contributed by atoms with E-state index in [1.807, 2.05) is 27.7 Å². The lowest BCUT2D eigenvalue weighted by Gasteiger charge is -2.43. The van der Waals surface area contributed by atoms with E-state index in [1.165, 1.54) is 0 Å². The van der Waals surface area contributed by atoms with E-state index in [1.54, 1.807) is 0 Å². The van der Waals surface area contributed by atoms with Gasteiger partial charge in [-0.3, -0.25) is 0 Å². The SMILES string of the molecule is C=C1CC[C@]2([C@@H]([C@H]3COC(C)(C)O3)O[C@@H]3OC(C)(C)O[C@@H]32)[C@@H]1[C@@H](C)CO. The summed E-state index contributed by atoms with van der Waals surface area (Å²) in [5.41, 5.74) is 0.832. The molecule has 1 N–H and O–H groups in total. The summed E-state index contributed by atoms with van der Waals surface area (Å²) in [7, 11) is 0. The molecule has 0 bridgehead atoms. The van der Waals surface area contributed by atoms with Crippen molar-refractivity contribution >= 4 is 0 Å². The summed E-state index contributed by atoms with van der Waals surface area (Å²) in [6.45, 7) is 14.7. The first-order chi connectivity index (χ1) is 12.1. The van der Waals surface area contributed by atoms with Crippen LogP contribution in [0.25, 0.3) is 0 Å². The summed E-state index contributed by atoms with van der Waals surface area (Å²) < 4.78 is 30.9. The van der Waals surface area contributed by atoms with Gasteiger partial charge in [0.05, 0.1) is 12.7 Å². The molecule has 0 radical (unpaired) electrons. The molecule has 6 heteroatoms. The van der Waals surface area contributed by atoms with E-state index in [9.17, 15) is 5.11 Å². The Labute approximate surface area is 155 Å². The zero-order valence-corrected chi connectivity index (χ0v) is 16.5. The highest BCUT2D eigenvalue weighted by Gasteiger charge is 2.70. The van der Waals surface area contributed by atoms with E-state index < -0.39 is 17.9 Å². The summed E-state index contributed by atoms with van der Waals surface area (Å²) >= 11 is 0. The number of allylic oxidation sites excluding steroid dienone is 1. The maximum Gasteiger partial charge on any atom is 0.188 e. The van der Waals surface area contributed by atoms with Crippen LogP contribution in [-0.2, 0) is 23.7 Å². The topological polar surface area (TPSA) is 66.4 Å². The van der Waals surface area contributed by atoms with E-state index in [2.05, 4.69) is 13.5 Å². The number of aliphatic hydroxyl groups excluding tert-OH is 1. The number of hydrogen-bond acceptors (Lipinski definition) is 6. The van der Waals surface area contributed by atoms with Crippen molar-refractivity contribution in [3.05, 3.63) is 12.2 Å². The molecule has 0 unspecified atom stereocenters. The van der Waals surface area contributed by atoms with Gasteiger partial charge in [-0.15, -0.1) is 0 Å². The quantitative estimate of drug-likeness (QED) is 0.773. The van der Waals surface area contributed by atoms with E-state index in [0.29, 0.717) is 6.61 Å². The van der Waals surface area contributed by atoms with Gasteiger partial charge in [-0.1, -0.05) is 19.1 Å². The Balaban J connectivity index is 1.74. The van der Waals surface area contributed by atoms with E-state index in [0.717, 1.165) is 18.4 Å². The molecule has 3 saturated heterocycles. The van der Waals surface area contributed by atoms with Crippen LogP contribution in [-0.4, -0.2) is 54.5 Å². The van der Waals surface area contributed by atoms with Crippen molar-refractivity contribution < 1.29 is 28.8 Å². The molecule has 1 spiro atoms. The first-order valence-electron chi connectivity index (χ1n) is 9.71. The van der Waals surface area contributed by atoms with Crippen molar-refractivity contribution in [1.29, 1.82) is 0 Å². The van der Waals surface area contributed by atoms with Gasteiger partial charge >= 0.3 is 0 Å². The number of ether oxygens (including phenoxy) is 5. The third kappa shape index (κ3) is 2.69. The summed E-state index contributed by atoms with van der Waals surface area (Å²) in [5, 5.41) is 9.92. The van der Waals surface area contributed by atoms with Crippen LogP contribution in [0, 0.1) is 17.3 Å². The van der Waals surface area contributed by atoms with Crippen LogP contribution in [0.15, 0.2) is 12.2 Å². The van der Waals surface area contributed by atoms with Crippen molar-refractivity contribution in [3.8, 4) is 0 Å². The van der Waals surface area contributed by atoms with Crippen molar-refractivity contribution in [2.45, 2.75) is 83.6 Å². The van der Waals surface area contributed by atoms with Crippen LogP contribution >= 0.6 is 0 Å².